The Morgan fingerprint density at radius 1 is 1.26 bits per heavy atom. The molecular weight excluding hydrogens is 284 g/mol. The van der Waals surface area contributed by atoms with E-state index in [1.807, 2.05) is 6.08 Å². The van der Waals surface area contributed by atoms with Gasteiger partial charge in [-0.25, -0.2) is 0 Å². The molecule has 2 heteroatoms. The van der Waals surface area contributed by atoms with E-state index in [4.69, 9.17) is 4.74 Å². The Morgan fingerprint density at radius 2 is 2.09 bits per heavy atom. The summed E-state index contributed by atoms with van der Waals surface area (Å²) in [6, 6.07) is 0. The maximum atomic E-state index is 10.5. The number of allylic oxidation sites excluding steroid dienone is 6. The molecule has 2 fully saturated rings. The first kappa shape index (κ1) is 15.1. The first-order valence-electron chi connectivity index (χ1n) is 9.17. The van der Waals surface area contributed by atoms with Gasteiger partial charge in [0.25, 0.3) is 0 Å². The zero-order valence-electron chi connectivity index (χ0n) is 14.5. The predicted molar refractivity (Wildman–Crippen MR) is 92.8 cm³/mol. The first-order chi connectivity index (χ1) is 11.1. The van der Waals surface area contributed by atoms with Crippen molar-refractivity contribution in [3.8, 4) is 0 Å². The van der Waals surface area contributed by atoms with E-state index in [1.165, 1.54) is 32.1 Å². The van der Waals surface area contributed by atoms with Crippen LogP contribution in [-0.4, -0.2) is 12.2 Å². The summed E-state index contributed by atoms with van der Waals surface area (Å²) in [4.78, 5) is 0. The number of hydrogen-bond donors (Lipinski definition) is 1. The molecule has 4 aliphatic carbocycles. The molecule has 0 aromatic carbocycles. The summed E-state index contributed by atoms with van der Waals surface area (Å²) in [6.45, 7) is 4.89. The summed E-state index contributed by atoms with van der Waals surface area (Å²) in [6.07, 6.45) is 15.3. The summed E-state index contributed by atoms with van der Waals surface area (Å²) >= 11 is 0. The molecule has 0 saturated heterocycles. The zero-order valence-corrected chi connectivity index (χ0v) is 14.5. The molecule has 0 amide bonds. The van der Waals surface area contributed by atoms with Gasteiger partial charge >= 0.3 is 0 Å². The molecule has 0 unspecified atom stereocenters. The van der Waals surface area contributed by atoms with Crippen LogP contribution in [0.25, 0.3) is 0 Å². The Balaban J connectivity index is 1.72. The number of hydrogen-bond acceptors (Lipinski definition) is 2. The summed E-state index contributed by atoms with van der Waals surface area (Å²) in [5, 5.41) is 10.5. The Bertz CT molecular complexity index is 636. The molecule has 4 aliphatic rings. The molecular formula is C21H28O2. The van der Waals surface area contributed by atoms with Gasteiger partial charge in [0, 0.05) is 11.5 Å². The van der Waals surface area contributed by atoms with Gasteiger partial charge in [0.15, 0.2) is 11.5 Å². The van der Waals surface area contributed by atoms with E-state index in [1.54, 1.807) is 12.7 Å². The average molecular weight is 312 g/mol. The second-order valence-electron chi connectivity index (χ2n) is 7.98. The normalized spacial score (nSPS) is 41.7. The molecule has 0 heterocycles. The highest BCUT2D eigenvalue weighted by atomic mass is 16.5. The van der Waals surface area contributed by atoms with Gasteiger partial charge < -0.3 is 9.84 Å². The topological polar surface area (TPSA) is 29.5 Å². The van der Waals surface area contributed by atoms with Crippen LogP contribution in [0.2, 0.25) is 0 Å². The van der Waals surface area contributed by atoms with E-state index in [0.717, 1.165) is 17.4 Å². The van der Waals surface area contributed by atoms with Crippen LogP contribution in [0, 0.1) is 29.1 Å². The highest BCUT2D eigenvalue weighted by Gasteiger charge is 2.52. The molecule has 4 rings (SSSR count). The van der Waals surface area contributed by atoms with Gasteiger partial charge in [0.2, 0.25) is 0 Å². The lowest BCUT2D eigenvalue weighted by atomic mass is 9.56. The molecule has 0 radical (unpaired) electrons. The molecule has 0 aromatic heterocycles. The van der Waals surface area contributed by atoms with Crippen molar-refractivity contribution in [2.75, 3.05) is 7.11 Å². The van der Waals surface area contributed by atoms with Crippen molar-refractivity contribution in [3.05, 3.63) is 47.0 Å². The molecule has 0 aliphatic heterocycles. The minimum Gasteiger partial charge on any atom is -0.504 e. The smallest absolute Gasteiger partial charge is 0.161 e. The summed E-state index contributed by atoms with van der Waals surface area (Å²) in [5.41, 5.74) is 3.20. The number of aliphatic hydroxyl groups is 1. The van der Waals surface area contributed by atoms with Crippen molar-refractivity contribution in [2.24, 2.45) is 29.1 Å². The minimum atomic E-state index is 0.333. The molecule has 23 heavy (non-hydrogen) atoms. The molecule has 5 atom stereocenters. The molecule has 0 spiro atoms. The van der Waals surface area contributed by atoms with Crippen molar-refractivity contribution in [2.45, 2.75) is 46.0 Å². The summed E-state index contributed by atoms with van der Waals surface area (Å²) in [5.74, 6) is 3.46. The molecule has 0 bridgehead atoms. The van der Waals surface area contributed by atoms with Gasteiger partial charge in [-0.2, -0.15) is 0 Å². The maximum absolute atomic E-state index is 10.5. The SMILES string of the molecule is CC[C@H]1CC[C@H]2C3=CC=C4C(O)=C(OC)C=C[C@@H]4[C@H]3CC[C@]12C. The van der Waals surface area contributed by atoms with Crippen molar-refractivity contribution in [3.63, 3.8) is 0 Å². The Labute approximate surface area is 139 Å². The average Bonchev–Trinajstić information content (AvgIpc) is 2.91. The number of rotatable bonds is 2. The van der Waals surface area contributed by atoms with E-state index in [2.05, 4.69) is 32.1 Å². The van der Waals surface area contributed by atoms with E-state index in [-0.39, 0.29) is 0 Å². The van der Waals surface area contributed by atoms with Crippen molar-refractivity contribution < 1.29 is 9.84 Å². The van der Waals surface area contributed by atoms with Crippen LogP contribution in [0.15, 0.2) is 47.0 Å². The van der Waals surface area contributed by atoms with Gasteiger partial charge in [-0.05, 0) is 54.9 Å². The highest BCUT2D eigenvalue weighted by molar-refractivity contribution is 5.48. The lowest BCUT2D eigenvalue weighted by molar-refractivity contribution is 0.103. The van der Waals surface area contributed by atoms with Gasteiger partial charge in [0.1, 0.15) is 0 Å². The summed E-state index contributed by atoms with van der Waals surface area (Å²) < 4.78 is 5.28. The monoisotopic (exact) mass is 312 g/mol. The fraction of sp³-hybridized carbons (Fsp3) is 0.619. The van der Waals surface area contributed by atoms with Crippen LogP contribution in [0.1, 0.15) is 46.0 Å². The third-order valence-corrected chi connectivity index (χ3v) is 7.28. The van der Waals surface area contributed by atoms with Crippen LogP contribution in [0.4, 0.5) is 0 Å². The minimum absolute atomic E-state index is 0.333. The Kier molecular flexibility index (Phi) is 3.48. The summed E-state index contributed by atoms with van der Waals surface area (Å²) in [7, 11) is 1.62. The Morgan fingerprint density at radius 3 is 2.83 bits per heavy atom. The number of ether oxygens (including phenoxy) is 1. The van der Waals surface area contributed by atoms with Crippen LogP contribution in [-0.2, 0) is 4.74 Å². The van der Waals surface area contributed by atoms with Crippen LogP contribution >= 0.6 is 0 Å². The predicted octanol–water partition coefficient (Wildman–Crippen LogP) is 5.31. The second kappa shape index (κ2) is 5.29. The maximum Gasteiger partial charge on any atom is 0.161 e. The lowest BCUT2D eigenvalue weighted by Crippen LogP contribution is -2.40. The second-order valence-corrected chi connectivity index (χ2v) is 7.98. The molecule has 2 saturated carbocycles. The lowest BCUT2D eigenvalue weighted by Gasteiger charge is -2.48. The molecule has 1 N–H and O–H groups in total. The zero-order chi connectivity index (χ0) is 16.2. The van der Waals surface area contributed by atoms with E-state index in [0.29, 0.717) is 28.8 Å². The Hall–Kier alpha value is -1.44. The van der Waals surface area contributed by atoms with Gasteiger partial charge in [0.05, 0.1) is 7.11 Å². The number of fused-ring (bicyclic) bond motifs is 5. The first-order valence-corrected chi connectivity index (χ1v) is 9.17. The largest absolute Gasteiger partial charge is 0.504 e. The van der Waals surface area contributed by atoms with Crippen molar-refractivity contribution >= 4 is 0 Å². The molecule has 2 nitrogen and oxygen atoms in total. The van der Waals surface area contributed by atoms with Crippen molar-refractivity contribution in [1.29, 1.82) is 0 Å². The molecule has 0 aromatic rings. The third-order valence-electron chi connectivity index (χ3n) is 7.28. The van der Waals surface area contributed by atoms with E-state index < -0.39 is 0 Å². The fourth-order valence-electron chi connectivity index (χ4n) is 5.99. The van der Waals surface area contributed by atoms with Crippen LogP contribution < -0.4 is 0 Å². The quantitative estimate of drug-likeness (QED) is 0.749. The number of methoxy groups -OCH3 is 1. The van der Waals surface area contributed by atoms with Crippen LogP contribution in [0.3, 0.4) is 0 Å². The van der Waals surface area contributed by atoms with Crippen LogP contribution in [0.5, 0.6) is 0 Å². The van der Waals surface area contributed by atoms with Crippen molar-refractivity contribution in [1.82, 2.24) is 0 Å². The fourth-order valence-corrected chi connectivity index (χ4v) is 5.99. The van der Waals surface area contributed by atoms with Gasteiger partial charge in [-0.1, -0.05) is 44.1 Å². The third kappa shape index (κ3) is 2.00. The van der Waals surface area contributed by atoms with Gasteiger partial charge in [-0.15, -0.1) is 0 Å². The highest BCUT2D eigenvalue weighted by Crippen LogP contribution is 2.62. The van der Waals surface area contributed by atoms with E-state index in [9.17, 15) is 5.11 Å². The standard InChI is InChI=1S/C21H28O2/c1-4-13-5-9-18-16-6-7-17-14(8-10-19(23-3)20(17)22)15(16)11-12-21(13,18)2/h6-8,10,13-15,18,22H,4-5,9,11-12H2,1-3H3/t13-,14+,15+,18-,21+/m0/s1. The molecule has 124 valence electrons. The van der Waals surface area contributed by atoms with Gasteiger partial charge in [-0.3, -0.25) is 0 Å². The number of aliphatic hydroxyl groups excluding tert-OH is 1. The van der Waals surface area contributed by atoms with E-state index >= 15 is 0 Å².